The van der Waals surface area contributed by atoms with Crippen LogP contribution in [0.1, 0.15) is 0 Å². The number of nitrogens with zero attached hydrogens (tertiary/aromatic N) is 4. The van der Waals surface area contributed by atoms with Gasteiger partial charge < -0.3 is 8.98 Å². The molecule has 3 heterocycles. The fourth-order valence-electron chi connectivity index (χ4n) is 7.90. The van der Waals surface area contributed by atoms with Crippen molar-refractivity contribution < 1.29 is 4.42 Å². The third-order valence-electron chi connectivity index (χ3n) is 10.7. The van der Waals surface area contributed by atoms with Gasteiger partial charge in [-0.25, -0.2) is 15.0 Å². The molecule has 0 saturated carbocycles. The predicted molar refractivity (Wildman–Crippen MR) is 229 cm³/mol. The van der Waals surface area contributed by atoms with Crippen LogP contribution >= 0.6 is 0 Å². The zero-order valence-electron chi connectivity index (χ0n) is 30.2. The van der Waals surface area contributed by atoms with Crippen molar-refractivity contribution >= 4 is 43.7 Å². The minimum absolute atomic E-state index is 0.623. The fraction of sp³-hybridized carbons (Fsp3) is 0. The van der Waals surface area contributed by atoms with E-state index in [0.717, 1.165) is 71.7 Å². The minimum atomic E-state index is 0.623. The maximum Gasteiger partial charge on any atom is 0.164 e. The lowest BCUT2D eigenvalue weighted by Gasteiger charge is -2.10. The molecule has 0 atom stereocenters. The van der Waals surface area contributed by atoms with Crippen LogP contribution in [0.4, 0.5) is 0 Å². The van der Waals surface area contributed by atoms with E-state index in [1.807, 2.05) is 42.5 Å². The Hall–Kier alpha value is -7.63. The van der Waals surface area contributed by atoms with Gasteiger partial charge in [-0.1, -0.05) is 140 Å². The number of para-hydroxylation sites is 1. The third kappa shape index (κ3) is 5.45. The molecule has 11 rings (SSSR count). The number of benzene rings is 8. The van der Waals surface area contributed by atoms with E-state index >= 15 is 0 Å². The van der Waals surface area contributed by atoms with Crippen molar-refractivity contribution in [1.29, 1.82) is 0 Å². The Morgan fingerprint density at radius 2 is 0.804 bits per heavy atom. The van der Waals surface area contributed by atoms with Gasteiger partial charge in [0.25, 0.3) is 0 Å². The number of aromatic nitrogens is 4. The Morgan fingerprint density at radius 1 is 0.304 bits per heavy atom. The average Bonchev–Trinajstić information content (AvgIpc) is 3.81. The van der Waals surface area contributed by atoms with E-state index in [4.69, 9.17) is 19.4 Å². The van der Waals surface area contributed by atoms with Gasteiger partial charge in [-0.05, 0) is 70.8 Å². The smallest absolute Gasteiger partial charge is 0.164 e. The molecular weight excluding hydrogens is 685 g/mol. The summed E-state index contributed by atoms with van der Waals surface area (Å²) in [6, 6.07) is 67.5. The Bertz CT molecular complexity index is 3220. The van der Waals surface area contributed by atoms with E-state index in [0.29, 0.717) is 17.5 Å². The van der Waals surface area contributed by atoms with Gasteiger partial charge in [0.05, 0.1) is 11.0 Å². The summed E-state index contributed by atoms with van der Waals surface area (Å²) >= 11 is 0. The monoisotopic (exact) mass is 716 g/mol. The summed E-state index contributed by atoms with van der Waals surface area (Å²) in [7, 11) is 0. The molecule has 262 valence electrons. The highest BCUT2D eigenvalue weighted by atomic mass is 16.3. The van der Waals surface area contributed by atoms with Crippen molar-refractivity contribution in [3.05, 3.63) is 194 Å². The van der Waals surface area contributed by atoms with Crippen molar-refractivity contribution in [2.24, 2.45) is 0 Å². The minimum Gasteiger partial charge on any atom is -0.456 e. The molecule has 0 bridgehead atoms. The van der Waals surface area contributed by atoms with E-state index in [1.165, 1.54) is 16.7 Å². The highest BCUT2D eigenvalue weighted by Gasteiger charge is 2.18. The van der Waals surface area contributed by atoms with Gasteiger partial charge in [-0.3, -0.25) is 0 Å². The van der Waals surface area contributed by atoms with Crippen molar-refractivity contribution in [3.8, 4) is 62.1 Å². The second-order valence-electron chi connectivity index (χ2n) is 14.1. The SMILES string of the molecule is c1ccc(-c2ccc(-c3nc(-c4ccccc4)nc(-c4ccc5c(c4)c4ccccc4n5-c4ccc5c(c4)oc4ccc(-c6ccccc6)cc45)n3)cc2)cc1. The van der Waals surface area contributed by atoms with Gasteiger partial charge in [0.2, 0.25) is 0 Å². The molecule has 5 heteroatoms. The van der Waals surface area contributed by atoms with Crippen molar-refractivity contribution in [3.63, 3.8) is 0 Å². The molecule has 0 fully saturated rings. The molecule has 8 aromatic carbocycles. The first-order chi connectivity index (χ1) is 27.7. The van der Waals surface area contributed by atoms with Crippen LogP contribution in [0.15, 0.2) is 199 Å². The van der Waals surface area contributed by atoms with Crippen molar-refractivity contribution in [2.45, 2.75) is 0 Å². The Morgan fingerprint density at radius 3 is 1.52 bits per heavy atom. The second kappa shape index (κ2) is 13.0. The first kappa shape index (κ1) is 31.9. The average molecular weight is 717 g/mol. The molecule has 3 aromatic heterocycles. The summed E-state index contributed by atoms with van der Waals surface area (Å²) in [6.45, 7) is 0. The van der Waals surface area contributed by atoms with Crippen LogP contribution in [-0.2, 0) is 0 Å². The summed E-state index contributed by atoms with van der Waals surface area (Å²) in [6.07, 6.45) is 0. The van der Waals surface area contributed by atoms with Gasteiger partial charge in [-0.2, -0.15) is 0 Å². The summed E-state index contributed by atoms with van der Waals surface area (Å²) in [5.74, 6) is 1.89. The third-order valence-corrected chi connectivity index (χ3v) is 10.7. The van der Waals surface area contributed by atoms with Crippen LogP contribution in [0.3, 0.4) is 0 Å². The molecule has 0 aliphatic heterocycles. The van der Waals surface area contributed by atoms with Crippen LogP contribution in [0.2, 0.25) is 0 Å². The quantitative estimate of drug-likeness (QED) is 0.172. The van der Waals surface area contributed by atoms with E-state index in [-0.39, 0.29) is 0 Å². The maximum absolute atomic E-state index is 6.47. The largest absolute Gasteiger partial charge is 0.456 e. The molecular formula is C51H32N4O. The molecule has 11 aromatic rings. The van der Waals surface area contributed by atoms with Gasteiger partial charge in [0.1, 0.15) is 11.2 Å². The predicted octanol–water partition coefficient (Wildman–Crippen LogP) is 13.2. The van der Waals surface area contributed by atoms with Gasteiger partial charge >= 0.3 is 0 Å². The standard InChI is InChI=1S/C51H32N4O/c1-4-12-33(13-5-1)35-20-22-37(23-21-35)50-52-49(36-16-8-3-9-17-36)53-51(54-50)39-24-28-46-43(31-39)41-18-10-11-19-45(41)55(46)40-26-27-42-44-30-38(34-14-6-2-7-15-34)25-29-47(44)56-48(42)32-40/h1-32H. The van der Waals surface area contributed by atoms with Crippen LogP contribution < -0.4 is 0 Å². The van der Waals surface area contributed by atoms with Gasteiger partial charge in [-0.15, -0.1) is 0 Å². The first-order valence-corrected chi connectivity index (χ1v) is 18.8. The molecule has 0 aliphatic rings. The Labute approximate surface area is 322 Å². The van der Waals surface area contributed by atoms with Crippen LogP contribution in [0.25, 0.3) is 106 Å². The highest BCUT2D eigenvalue weighted by molar-refractivity contribution is 6.11. The molecule has 0 radical (unpaired) electrons. The van der Waals surface area contributed by atoms with E-state index in [1.54, 1.807) is 0 Å². The first-order valence-electron chi connectivity index (χ1n) is 18.8. The molecule has 0 amide bonds. The van der Waals surface area contributed by atoms with Crippen LogP contribution in [0, 0.1) is 0 Å². The number of rotatable bonds is 6. The topological polar surface area (TPSA) is 56.7 Å². The number of furan rings is 1. The van der Waals surface area contributed by atoms with Crippen molar-refractivity contribution in [1.82, 2.24) is 19.5 Å². The second-order valence-corrected chi connectivity index (χ2v) is 14.1. The highest BCUT2D eigenvalue weighted by Crippen LogP contribution is 2.38. The molecule has 0 saturated heterocycles. The molecule has 0 spiro atoms. The maximum atomic E-state index is 6.47. The van der Waals surface area contributed by atoms with Crippen LogP contribution in [-0.4, -0.2) is 19.5 Å². The zero-order valence-corrected chi connectivity index (χ0v) is 30.2. The molecule has 0 aliphatic carbocycles. The fourth-order valence-corrected chi connectivity index (χ4v) is 7.90. The molecule has 0 unspecified atom stereocenters. The Kier molecular flexibility index (Phi) is 7.42. The Balaban J connectivity index is 1.03. The van der Waals surface area contributed by atoms with Gasteiger partial charge in [0, 0.05) is 50.0 Å². The summed E-state index contributed by atoms with van der Waals surface area (Å²) in [4.78, 5) is 15.1. The molecule has 0 N–H and O–H groups in total. The summed E-state index contributed by atoms with van der Waals surface area (Å²) < 4.78 is 8.79. The lowest BCUT2D eigenvalue weighted by Crippen LogP contribution is -2.00. The zero-order chi connectivity index (χ0) is 37.0. The van der Waals surface area contributed by atoms with E-state index < -0.39 is 0 Å². The molecule has 56 heavy (non-hydrogen) atoms. The molecule has 5 nitrogen and oxygen atoms in total. The summed E-state index contributed by atoms with van der Waals surface area (Å²) in [5, 5.41) is 4.47. The van der Waals surface area contributed by atoms with Crippen molar-refractivity contribution in [2.75, 3.05) is 0 Å². The van der Waals surface area contributed by atoms with E-state index in [9.17, 15) is 0 Å². The van der Waals surface area contributed by atoms with Crippen LogP contribution in [0.5, 0.6) is 0 Å². The summed E-state index contributed by atoms with van der Waals surface area (Å²) in [5.41, 5.74) is 12.4. The number of hydrogen-bond donors (Lipinski definition) is 0. The number of hydrogen-bond acceptors (Lipinski definition) is 4. The number of fused-ring (bicyclic) bond motifs is 6. The normalized spacial score (nSPS) is 11.6. The van der Waals surface area contributed by atoms with E-state index in [2.05, 4.69) is 156 Å². The lowest BCUT2D eigenvalue weighted by atomic mass is 10.0. The van der Waals surface area contributed by atoms with Gasteiger partial charge in [0.15, 0.2) is 17.5 Å². The lowest BCUT2D eigenvalue weighted by molar-refractivity contribution is 0.668.